The molecule has 1 amide bonds. The highest BCUT2D eigenvalue weighted by Crippen LogP contribution is 2.63. The normalized spacial score (nSPS) is 22.5. The molecule has 0 spiro atoms. The van der Waals surface area contributed by atoms with Gasteiger partial charge in [-0.3, -0.25) is 9.78 Å². The summed E-state index contributed by atoms with van der Waals surface area (Å²) in [5.74, 6) is -0.308. The molecule has 0 radical (unpaired) electrons. The Hall–Kier alpha value is -1.91. The largest absolute Gasteiger partial charge is 0.271 e. The van der Waals surface area contributed by atoms with Crippen molar-refractivity contribution in [2.75, 3.05) is 0 Å². The first-order valence-electron chi connectivity index (χ1n) is 6.73. The van der Waals surface area contributed by atoms with Crippen LogP contribution in [0.4, 0.5) is 0 Å². The molecular weight excluding hydrogens is 321 g/mol. The van der Waals surface area contributed by atoms with Crippen LogP contribution in [0, 0.1) is 0 Å². The van der Waals surface area contributed by atoms with E-state index in [2.05, 4.69) is 15.5 Å². The monoisotopic (exact) mass is 333 g/mol. The van der Waals surface area contributed by atoms with Crippen LogP contribution in [0.5, 0.6) is 0 Å². The van der Waals surface area contributed by atoms with E-state index in [1.54, 1.807) is 30.7 Å². The van der Waals surface area contributed by atoms with Crippen LogP contribution >= 0.6 is 23.2 Å². The van der Waals surface area contributed by atoms with Gasteiger partial charge in [0, 0.05) is 24.2 Å². The van der Waals surface area contributed by atoms with Crippen molar-refractivity contribution in [2.45, 2.75) is 16.2 Å². The smallest absolute Gasteiger partial charge is 0.267 e. The fraction of sp³-hybridized carbons (Fsp3) is 0.188. The molecule has 3 rings (SSSR count). The second-order valence-electron chi connectivity index (χ2n) is 5.15. The molecule has 112 valence electrons. The summed E-state index contributed by atoms with van der Waals surface area (Å²) in [5, 5.41) is 4.04. The van der Waals surface area contributed by atoms with Crippen molar-refractivity contribution < 1.29 is 4.79 Å². The minimum absolute atomic E-state index is 0.308. The Morgan fingerprint density at radius 3 is 2.41 bits per heavy atom. The van der Waals surface area contributed by atoms with E-state index in [4.69, 9.17) is 23.2 Å². The lowest BCUT2D eigenvalue weighted by Crippen LogP contribution is -2.22. The number of aromatic nitrogens is 1. The first-order chi connectivity index (χ1) is 10.6. The molecule has 1 aromatic carbocycles. The van der Waals surface area contributed by atoms with Gasteiger partial charge in [-0.25, -0.2) is 5.43 Å². The summed E-state index contributed by atoms with van der Waals surface area (Å²) in [5.41, 5.74) is 3.38. The number of nitrogens with one attached hydrogen (secondary N) is 1. The molecule has 0 aliphatic heterocycles. The molecule has 1 N–H and O–H groups in total. The molecule has 1 fully saturated rings. The fourth-order valence-corrected chi connectivity index (χ4v) is 3.08. The van der Waals surface area contributed by atoms with Crippen molar-refractivity contribution >= 4 is 35.3 Å². The third-order valence-corrected chi connectivity index (χ3v) is 4.65. The zero-order valence-corrected chi connectivity index (χ0v) is 13.1. The van der Waals surface area contributed by atoms with E-state index in [1.165, 1.54) is 0 Å². The van der Waals surface area contributed by atoms with Crippen LogP contribution in [0.3, 0.4) is 0 Å². The van der Waals surface area contributed by atoms with Gasteiger partial charge in [-0.2, -0.15) is 5.10 Å². The minimum Gasteiger partial charge on any atom is -0.267 e. The molecule has 0 saturated heterocycles. The Morgan fingerprint density at radius 2 is 1.82 bits per heavy atom. The molecule has 1 aliphatic rings. The molecular formula is C16H13Cl2N3O. The molecule has 4 nitrogen and oxygen atoms in total. The summed E-state index contributed by atoms with van der Waals surface area (Å²) >= 11 is 12.6. The molecule has 0 bridgehead atoms. The average Bonchev–Trinajstić information content (AvgIpc) is 3.11. The second-order valence-corrected chi connectivity index (χ2v) is 6.64. The summed E-state index contributed by atoms with van der Waals surface area (Å²) in [4.78, 5) is 15.8. The molecule has 22 heavy (non-hydrogen) atoms. The van der Waals surface area contributed by atoms with E-state index in [9.17, 15) is 4.79 Å². The molecule has 2 aromatic rings. The Kier molecular flexibility index (Phi) is 3.89. The molecule has 1 aliphatic carbocycles. The maximum atomic E-state index is 11.9. The highest BCUT2D eigenvalue weighted by Gasteiger charge is 2.66. The summed E-state index contributed by atoms with van der Waals surface area (Å²) in [7, 11) is 0. The first kappa shape index (κ1) is 15.0. The van der Waals surface area contributed by atoms with Gasteiger partial charge in [0.1, 0.15) is 4.33 Å². The molecule has 1 heterocycles. The van der Waals surface area contributed by atoms with Crippen LogP contribution in [-0.2, 0) is 5.41 Å². The number of carbonyl (C=O) groups excluding carboxylic acids is 1. The van der Waals surface area contributed by atoms with Crippen molar-refractivity contribution in [3.8, 4) is 0 Å². The fourth-order valence-electron chi connectivity index (χ4n) is 2.34. The highest BCUT2D eigenvalue weighted by atomic mass is 35.5. The van der Waals surface area contributed by atoms with Gasteiger partial charge in [0.15, 0.2) is 0 Å². The van der Waals surface area contributed by atoms with Gasteiger partial charge in [-0.05, 0) is 24.1 Å². The van der Waals surface area contributed by atoms with E-state index in [-0.39, 0.29) is 5.91 Å². The molecule has 0 unspecified atom stereocenters. The van der Waals surface area contributed by atoms with Crippen molar-refractivity contribution in [1.29, 1.82) is 0 Å². The highest BCUT2D eigenvalue weighted by molar-refractivity contribution is 6.53. The number of carbonyl (C=O) groups is 1. The van der Waals surface area contributed by atoms with Crippen LogP contribution in [0.25, 0.3) is 0 Å². The Balaban J connectivity index is 1.75. The Bertz CT molecular complexity index is 704. The molecule has 1 atom stereocenters. The topological polar surface area (TPSA) is 54.4 Å². The maximum Gasteiger partial charge on any atom is 0.271 e. The number of rotatable bonds is 4. The van der Waals surface area contributed by atoms with E-state index in [0.29, 0.717) is 12.0 Å². The first-order valence-corrected chi connectivity index (χ1v) is 7.49. The lowest BCUT2D eigenvalue weighted by molar-refractivity contribution is 0.0955. The Morgan fingerprint density at radius 1 is 1.18 bits per heavy atom. The van der Waals surface area contributed by atoms with Gasteiger partial charge >= 0.3 is 0 Å². The standard InChI is InChI=1S/C16H13Cl2N3O/c17-16(18)10-15(16,13-4-2-1-3-5-13)11-20-21-14(22)12-6-8-19-9-7-12/h1-9,11H,10H2,(H,21,22)/b20-11-/t15-/m1/s1. The number of amides is 1. The van der Waals surface area contributed by atoms with Crippen LogP contribution in [-0.4, -0.2) is 21.4 Å². The van der Waals surface area contributed by atoms with Gasteiger partial charge in [0.05, 0.1) is 5.41 Å². The molecule has 6 heteroatoms. The van der Waals surface area contributed by atoms with E-state index in [1.807, 2.05) is 30.3 Å². The number of alkyl halides is 2. The quantitative estimate of drug-likeness (QED) is 0.530. The number of hydrogen-bond acceptors (Lipinski definition) is 3. The minimum atomic E-state index is -0.904. The zero-order valence-electron chi connectivity index (χ0n) is 11.5. The van der Waals surface area contributed by atoms with E-state index < -0.39 is 9.75 Å². The number of hydrazone groups is 1. The van der Waals surface area contributed by atoms with Crippen molar-refractivity contribution in [3.05, 3.63) is 66.0 Å². The third-order valence-electron chi connectivity index (χ3n) is 3.71. The lowest BCUT2D eigenvalue weighted by atomic mass is 9.97. The van der Waals surface area contributed by atoms with Gasteiger partial charge in [0.25, 0.3) is 5.91 Å². The SMILES string of the molecule is O=C(N/N=C\[C@@]1(c2ccccc2)CC1(Cl)Cl)c1ccncc1. The van der Waals surface area contributed by atoms with Gasteiger partial charge in [-0.15, -0.1) is 23.2 Å². The van der Waals surface area contributed by atoms with Crippen molar-refractivity contribution in [3.63, 3.8) is 0 Å². The van der Waals surface area contributed by atoms with Crippen LogP contribution < -0.4 is 5.43 Å². The van der Waals surface area contributed by atoms with Crippen molar-refractivity contribution in [2.24, 2.45) is 5.10 Å². The number of hydrogen-bond donors (Lipinski definition) is 1. The predicted octanol–water partition coefficient (Wildman–Crippen LogP) is 3.31. The number of nitrogens with zero attached hydrogens (tertiary/aromatic N) is 2. The van der Waals surface area contributed by atoms with Crippen molar-refractivity contribution in [1.82, 2.24) is 10.4 Å². The molecule has 1 saturated carbocycles. The lowest BCUT2D eigenvalue weighted by Gasteiger charge is -2.13. The Labute approximate surface area is 138 Å². The van der Waals surface area contributed by atoms with Gasteiger partial charge in [-0.1, -0.05) is 30.3 Å². The second kappa shape index (κ2) is 5.71. The van der Waals surface area contributed by atoms with Crippen LogP contribution in [0.2, 0.25) is 0 Å². The van der Waals surface area contributed by atoms with E-state index >= 15 is 0 Å². The van der Waals surface area contributed by atoms with Crippen LogP contribution in [0.15, 0.2) is 60.0 Å². The van der Waals surface area contributed by atoms with E-state index in [0.717, 1.165) is 5.56 Å². The summed E-state index contributed by atoms with van der Waals surface area (Å²) in [6.45, 7) is 0. The summed E-state index contributed by atoms with van der Waals surface area (Å²) in [6, 6.07) is 12.9. The predicted molar refractivity (Wildman–Crippen MR) is 87.4 cm³/mol. The maximum absolute atomic E-state index is 11.9. The number of pyridine rings is 1. The van der Waals surface area contributed by atoms with Gasteiger partial charge < -0.3 is 0 Å². The number of halogens is 2. The summed E-state index contributed by atoms with van der Waals surface area (Å²) in [6.07, 6.45) is 5.27. The summed E-state index contributed by atoms with van der Waals surface area (Å²) < 4.78 is -0.904. The number of benzene rings is 1. The van der Waals surface area contributed by atoms with Crippen LogP contribution in [0.1, 0.15) is 22.3 Å². The van der Waals surface area contributed by atoms with Gasteiger partial charge in [0.2, 0.25) is 0 Å². The molecule has 1 aromatic heterocycles. The zero-order chi connectivity index (χ0) is 15.6. The average molecular weight is 334 g/mol. The third kappa shape index (κ3) is 2.72.